The van der Waals surface area contributed by atoms with Crippen molar-refractivity contribution in [3.63, 3.8) is 0 Å². The molecule has 2 aromatic rings. The summed E-state index contributed by atoms with van der Waals surface area (Å²) in [7, 11) is 4.15. The lowest BCUT2D eigenvalue weighted by Crippen LogP contribution is -2.36. The molecular weight excluding hydrogens is 290 g/mol. The molecule has 23 heavy (non-hydrogen) atoms. The molecule has 1 aliphatic rings. The van der Waals surface area contributed by atoms with Gasteiger partial charge in [0.15, 0.2) is 0 Å². The molecule has 124 valence electrons. The Morgan fingerprint density at radius 1 is 1.17 bits per heavy atom. The molecule has 1 fully saturated rings. The summed E-state index contributed by atoms with van der Waals surface area (Å²) in [6, 6.07) is 8.19. The molecule has 6 heteroatoms. The predicted molar refractivity (Wildman–Crippen MR) is 92.7 cm³/mol. The molecule has 0 atom stereocenters. The van der Waals surface area contributed by atoms with Gasteiger partial charge in [-0.05, 0) is 26.2 Å². The maximum Gasteiger partial charge on any atom is 0.145 e. The summed E-state index contributed by atoms with van der Waals surface area (Å²) in [5, 5.41) is 4.54. The van der Waals surface area contributed by atoms with Crippen LogP contribution < -0.4 is 5.32 Å². The van der Waals surface area contributed by atoms with Gasteiger partial charge in [-0.1, -0.05) is 12.1 Å². The normalized spacial score (nSPS) is 16.1. The Morgan fingerprint density at radius 2 is 1.96 bits per heavy atom. The minimum atomic E-state index is 0.774. The van der Waals surface area contributed by atoms with E-state index in [0.29, 0.717) is 0 Å². The van der Waals surface area contributed by atoms with Crippen LogP contribution in [0.2, 0.25) is 0 Å². The fourth-order valence-electron chi connectivity index (χ4n) is 2.69. The van der Waals surface area contributed by atoms with Gasteiger partial charge in [-0.25, -0.2) is 9.97 Å². The molecule has 0 spiro atoms. The van der Waals surface area contributed by atoms with E-state index in [-0.39, 0.29) is 0 Å². The van der Waals surface area contributed by atoms with Crippen molar-refractivity contribution in [2.24, 2.45) is 0 Å². The molecule has 0 saturated carbocycles. The van der Waals surface area contributed by atoms with Crippen LogP contribution in [0.5, 0.6) is 0 Å². The number of nitrogens with one attached hydrogen (secondary N) is 1. The van der Waals surface area contributed by atoms with Crippen LogP contribution in [-0.4, -0.2) is 73.3 Å². The smallest absolute Gasteiger partial charge is 0.145 e. The quantitative estimate of drug-likeness (QED) is 0.870. The number of rotatable bonds is 6. The van der Waals surface area contributed by atoms with Gasteiger partial charge in [0.2, 0.25) is 0 Å². The highest BCUT2D eigenvalue weighted by atomic mass is 16.5. The summed E-state index contributed by atoms with van der Waals surface area (Å²) >= 11 is 0. The van der Waals surface area contributed by atoms with Crippen LogP contribution in [0.1, 0.15) is 5.82 Å². The van der Waals surface area contributed by atoms with Crippen molar-refractivity contribution in [1.29, 1.82) is 0 Å². The average Bonchev–Trinajstić information content (AvgIpc) is 2.55. The van der Waals surface area contributed by atoms with Crippen LogP contribution in [0.15, 0.2) is 24.3 Å². The van der Waals surface area contributed by atoms with Crippen LogP contribution in [-0.2, 0) is 11.3 Å². The number of aromatic nitrogens is 2. The predicted octanol–water partition coefficient (Wildman–Crippen LogP) is 1.44. The zero-order chi connectivity index (χ0) is 16.1. The van der Waals surface area contributed by atoms with Gasteiger partial charge in [0, 0.05) is 31.6 Å². The molecule has 1 aliphatic heterocycles. The zero-order valence-electron chi connectivity index (χ0n) is 14.0. The molecule has 1 saturated heterocycles. The van der Waals surface area contributed by atoms with Crippen LogP contribution in [0.3, 0.4) is 0 Å². The number of para-hydroxylation sites is 1. The SMILES string of the molecule is CN(C)CCNc1nc(CN2CCOCC2)nc2ccccc12. The first kappa shape index (κ1) is 16.1. The highest BCUT2D eigenvalue weighted by Crippen LogP contribution is 2.20. The van der Waals surface area contributed by atoms with Gasteiger partial charge >= 0.3 is 0 Å². The topological polar surface area (TPSA) is 53.5 Å². The van der Waals surface area contributed by atoms with E-state index in [0.717, 1.165) is 68.5 Å². The molecule has 1 aromatic carbocycles. The number of nitrogens with zero attached hydrogens (tertiary/aromatic N) is 4. The molecule has 2 heterocycles. The number of fused-ring (bicyclic) bond motifs is 1. The molecule has 0 aliphatic carbocycles. The number of hydrogen-bond acceptors (Lipinski definition) is 6. The molecule has 1 N–H and O–H groups in total. The van der Waals surface area contributed by atoms with Gasteiger partial charge in [-0.2, -0.15) is 0 Å². The Kier molecular flexibility index (Phi) is 5.38. The molecule has 0 amide bonds. The maximum atomic E-state index is 5.41. The molecular formula is C17H25N5O. The van der Waals surface area contributed by atoms with Crippen molar-refractivity contribution >= 4 is 16.7 Å². The molecule has 6 nitrogen and oxygen atoms in total. The minimum absolute atomic E-state index is 0.774. The Balaban J connectivity index is 1.80. The number of likely N-dealkylation sites (N-methyl/N-ethyl adjacent to an activating group) is 1. The van der Waals surface area contributed by atoms with Crippen LogP contribution in [0, 0.1) is 0 Å². The fourth-order valence-corrected chi connectivity index (χ4v) is 2.69. The van der Waals surface area contributed by atoms with E-state index < -0.39 is 0 Å². The summed E-state index contributed by atoms with van der Waals surface area (Å²) < 4.78 is 5.41. The highest BCUT2D eigenvalue weighted by Gasteiger charge is 2.14. The van der Waals surface area contributed by atoms with Crippen LogP contribution in [0.25, 0.3) is 10.9 Å². The Hall–Kier alpha value is -1.76. The fraction of sp³-hybridized carbons (Fsp3) is 0.529. The second-order valence-electron chi connectivity index (χ2n) is 6.12. The number of morpholine rings is 1. The lowest BCUT2D eigenvalue weighted by atomic mass is 10.2. The van der Waals surface area contributed by atoms with E-state index in [1.807, 2.05) is 12.1 Å². The van der Waals surface area contributed by atoms with Crippen molar-refractivity contribution in [3.05, 3.63) is 30.1 Å². The van der Waals surface area contributed by atoms with Crippen molar-refractivity contribution in [1.82, 2.24) is 19.8 Å². The Morgan fingerprint density at radius 3 is 2.74 bits per heavy atom. The van der Waals surface area contributed by atoms with Crippen molar-refractivity contribution in [2.75, 3.05) is 58.8 Å². The lowest BCUT2D eigenvalue weighted by Gasteiger charge is -2.26. The third kappa shape index (κ3) is 4.37. The van der Waals surface area contributed by atoms with Crippen molar-refractivity contribution in [3.8, 4) is 0 Å². The van der Waals surface area contributed by atoms with E-state index in [9.17, 15) is 0 Å². The van der Waals surface area contributed by atoms with Crippen LogP contribution in [0.4, 0.5) is 5.82 Å². The highest BCUT2D eigenvalue weighted by molar-refractivity contribution is 5.88. The first-order chi connectivity index (χ1) is 11.2. The van der Waals surface area contributed by atoms with E-state index in [1.54, 1.807) is 0 Å². The molecule has 1 aromatic heterocycles. The van der Waals surface area contributed by atoms with E-state index in [4.69, 9.17) is 14.7 Å². The lowest BCUT2D eigenvalue weighted by molar-refractivity contribution is 0.0331. The van der Waals surface area contributed by atoms with Gasteiger partial charge in [0.25, 0.3) is 0 Å². The van der Waals surface area contributed by atoms with Gasteiger partial charge in [-0.15, -0.1) is 0 Å². The maximum absolute atomic E-state index is 5.41. The van der Waals surface area contributed by atoms with Gasteiger partial charge in [0.05, 0.1) is 25.3 Å². The summed E-state index contributed by atoms with van der Waals surface area (Å²) in [5.41, 5.74) is 0.998. The molecule has 0 unspecified atom stereocenters. The Bertz CT molecular complexity index is 640. The van der Waals surface area contributed by atoms with Crippen molar-refractivity contribution < 1.29 is 4.74 Å². The van der Waals surface area contributed by atoms with Gasteiger partial charge in [0.1, 0.15) is 11.6 Å². The van der Waals surface area contributed by atoms with E-state index in [1.165, 1.54) is 0 Å². The molecule has 3 rings (SSSR count). The van der Waals surface area contributed by atoms with Crippen LogP contribution >= 0.6 is 0 Å². The minimum Gasteiger partial charge on any atom is -0.379 e. The summed E-state index contributed by atoms with van der Waals surface area (Å²) in [5.74, 6) is 1.80. The standard InChI is InChI=1S/C17H25N5O/c1-21(2)8-7-18-17-14-5-3-4-6-15(14)19-16(20-17)13-22-9-11-23-12-10-22/h3-6H,7-13H2,1-2H3,(H,18,19,20). The number of ether oxygens (including phenoxy) is 1. The summed E-state index contributed by atoms with van der Waals surface area (Å²) in [6.07, 6.45) is 0. The van der Waals surface area contributed by atoms with Gasteiger partial charge in [-0.3, -0.25) is 4.90 Å². The largest absolute Gasteiger partial charge is 0.379 e. The van der Waals surface area contributed by atoms with Gasteiger partial charge < -0.3 is 15.0 Å². The number of benzene rings is 1. The molecule has 0 radical (unpaired) electrons. The van der Waals surface area contributed by atoms with Crippen molar-refractivity contribution in [2.45, 2.75) is 6.54 Å². The Labute approximate surface area is 137 Å². The number of hydrogen-bond donors (Lipinski definition) is 1. The summed E-state index contributed by atoms with van der Waals surface area (Å²) in [6.45, 7) is 6.08. The average molecular weight is 315 g/mol. The third-order valence-electron chi connectivity index (χ3n) is 3.97. The molecule has 0 bridgehead atoms. The second kappa shape index (κ2) is 7.68. The van der Waals surface area contributed by atoms with E-state index >= 15 is 0 Å². The van der Waals surface area contributed by atoms with E-state index in [2.05, 4.69) is 41.3 Å². The monoisotopic (exact) mass is 315 g/mol. The first-order valence-corrected chi connectivity index (χ1v) is 8.17. The second-order valence-corrected chi connectivity index (χ2v) is 6.12. The first-order valence-electron chi connectivity index (χ1n) is 8.17. The number of anilines is 1. The third-order valence-corrected chi connectivity index (χ3v) is 3.97. The summed E-state index contributed by atoms with van der Waals surface area (Å²) in [4.78, 5) is 14.0. The zero-order valence-corrected chi connectivity index (χ0v) is 14.0.